The van der Waals surface area contributed by atoms with Gasteiger partial charge in [-0.3, -0.25) is 38.5 Å². The van der Waals surface area contributed by atoms with E-state index in [1.165, 1.54) is 0 Å². The molecular weight excluding hydrogens is 1050 g/mol. The number of carbonyl (C=O) groups excluding carboxylic acids is 7. The third kappa shape index (κ3) is 15.5. The summed E-state index contributed by atoms with van der Waals surface area (Å²) in [6.07, 6.45) is 7.13. The molecule has 2 aromatic rings. The van der Waals surface area contributed by atoms with Crippen molar-refractivity contribution in [3.63, 3.8) is 0 Å². The topological polar surface area (TPSA) is 236 Å². The van der Waals surface area contributed by atoms with Crippen LogP contribution in [-0.2, 0) is 47.9 Å². The maximum Gasteiger partial charge on any atom is 0.348 e. The Kier molecular flexibility index (Phi) is 23.6. The minimum atomic E-state index is -1.41. The first kappa shape index (κ1) is 65.8. The van der Waals surface area contributed by atoms with Gasteiger partial charge in [0.2, 0.25) is 29.5 Å². The number of benzene rings is 1. The number of nitrogens with zero attached hydrogens (tertiary/aromatic N) is 4. The number of nitrogens with one attached hydrogen (secondary N) is 2. The number of likely N-dealkylation sites (N-methyl/N-ethyl adjacent to an activating group) is 1. The monoisotopic (exact) mass is 1150 g/mol. The lowest BCUT2D eigenvalue weighted by Crippen LogP contribution is -2.55. The Morgan fingerprint density at radius 2 is 1.51 bits per heavy atom. The molecule has 3 heterocycles. The van der Waals surface area contributed by atoms with Gasteiger partial charge in [0.05, 0.1) is 48.8 Å². The number of Topliss-reactive ketones (excluding diaryl/α,β-unsaturated/α-hetero) is 2. The van der Waals surface area contributed by atoms with Crippen molar-refractivity contribution < 1.29 is 62.9 Å². The summed E-state index contributed by atoms with van der Waals surface area (Å²) in [5.41, 5.74) is -0.875. The number of hydrogen-bond acceptors (Lipinski definition) is 14. The smallest absolute Gasteiger partial charge is 0.348 e. The van der Waals surface area contributed by atoms with Crippen molar-refractivity contribution in [3.8, 4) is 11.8 Å². The molecule has 2 saturated heterocycles. The van der Waals surface area contributed by atoms with Gasteiger partial charge in [0.1, 0.15) is 11.2 Å². The van der Waals surface area contributed by atoms with Crippen molar-refractivity contribution >= 4 is 41.2 Å². The SMILES string of the molecule is CCC(C)C(CC(C)C(C)C(=O)C(NC(=O)C(C(C)C)N(C)CCCNC(=O)C1(C(=O)On2c(O)ccc2O)CC1)C(C)C)C(CC(=O)N1CCCC1C(OC)C(C)C(=O)CCCC1(C(=O)N2CCCCO2)CC1c1ccccc1)OC. The van der Waals surface area contributed by atoms with Crippen molar-refractivity contribution in [1.82, 2.24) is 30.2 Å². The largest absolute Gasteiger partial charge is 0.492 e. The average Bonchev–Trinajstić information content (AvgIpc) is 3.08. The number of ether oxygens (including phenoxy) is 2. The second kappa shape index (κ2) is 29.4. The summed E-state index contributed by atoms with van der Waals surface area (Å²) in [5.74, 6) is -3.87. The Bertz CT molecular complexity index is 2450. The van der Waals surface area contributed by atoms with Crippen molar-refractivity contribution in [1.29, 1.82) is 0 Å². The number of likely N-dealkylation sites (tertiary alicyclic amines) is 1. The van der Waals surface area contributed by atoms with Crippen molar-refractivity contribution in [2.24, 2.45) is 52.3 Å². The molecule has 0 bridgehead atoms. The number of aromatic nitrogens is 1. The first-order valence-corrected chi connectivity index (χ1v) is 30.5. The molecule has 6 rings (SSSR count). The van der Waals surface area contributed by atoms with Crippen LogP contribution in [0.3, 0.4) is 0 Å². The molecule has 19 heteroatoms. The Hall–Kier alpha value is -5.37. The average molecular weight is 1150 g/mol. The van der Waals surface area contributed by atoms with Gasteiger partial charge < -0.3 is 40.1 Å². The molecule has 82 heavy (non-hydrogen) atoms. The number of hydrogen-bond donors (Lipinski definition) is 4. The molecule has 12 atom stereocenters. The highest BCUT2D eigenvalue weighted by Crippen LogP contribution is 2.63. The second-order valence-corrected chi connectivity index (χ2v) is 25.1. The van der Waals surface area contributed by atoms with Crippen LogP contribution in [0.25, 0.3) is 0 Å². The van der Waals surface area contributed by atoms with Crippen LogP contribution in [0.4, 0.5) is 0 Å². The summed E-state index contributed by atoms with van der Waals surface area (Å²) in [5, 5.41) is 27.3. The zero-order valence-electron chi connectivity index (χ0n) is 51.2. The summed E-state index contributed by atoms with van der Waals surface area (Å²) < 4.78 is 12.9. The molecule has 0 radical (unpaired) electrons. The molecular formula is C63H98N6O13. The first-order valence-electron chi connectivity index (χ1n) is 30.5. The van der Waals surface area contributed by atoms with E-state index in [0.717, 1.165) is 49.8 Å². The number of methoxy groups -OCH3 is 2. The first-order chi connectivity index (χ1) is 39.0. The lowest BCUT2D eigenvalue weighted by molar-refractivity contribution is -0.203. The van der Waals surface area contributed by atoms with Gasteiger partial charge in [-0.25, -0.2) is 9.86 Å². The van der Waals surface area contributed by atoms with Gasteiger partial charge in [0.15, 0.2) is 5.78 Å². The van der Waals surface area contributed by atoms with Crippen LogP contribution in [0.2, 0.25) is 0 Å². The van der Waals surface area contributed by atoms with Crippen LogP contribution >= 0.6 is 0 Å². The standard InChI is InChI=1S/C63H98N6O13/c1-13-41(6)46(36-42(7)43(8)56(74)54(39(2)3)65-58(75)55(40(4)5)66(10)32-21-31-64-59(76)62(29-30-62)61(78)82-69-51(71)26-27-52(69)72)50(79-11)37-53(73)67-33-20-24-48(67)57(80-12)44(9)49(70)25-19-28-63(60(77)68-34-17-18-35-81-68)38-47(63)45-22-15-14-16-23-45/h14-16,22-23,26-27,39-44,46-48,50,54-55,57,71-72H,13,17-21,24-25,28-38H2,1-12H3,(H,64,76)(H,65,75). The highest BCUT2D eigenvalue weighted by Gasteiger charge is 2.62. The van der Waals surface area contributed by atoms with E-state index in [1.54, 1.807) is 19.3 Å². The predicted molar refractivity (Wildman–Crippen MR) is 310 cm³/mol. The maximum atomic E-state index is 14.6. The Morgan fingerprint density at radius 1 is 0.829 bits per heavy atom. The highest BCUT2D eigenvalue weighted by molar-refractivity contribution is 6.05. The lowest BCUT2D eigenvalue weighted by Gasteiger charge is -2.37. The minimum absolute atomic E-state index is 0.0201. The highest BCUT2D eigenvalue weighted by atomic mass is 16.7. The normalized spacial score (nSPS) is 22.8. The quantitative estimate of drug-likeness (QED) is 0.0397. The van der Waals surface area contributed by atoms with Gasteiger partial charge >= 0.3 is 5.97 Å². The van der Waals surface area contributed by atoms with E-state index in [0.29, 0.717) is 69.5 Å². The molecule has 4 fully saturated rings. The van der Waals surface area contributed by atoms with Crippen LogP contribution in [0, 0.1) is 52.3 Å². The van der Waals surface area contributed by atoms with Gasteiger partial charge in [0, 0.05) is 70.8 Å². The van der Waals surface area contributed by atoms with Gasteiger partial charge in [-0.15, -0.1) is 4.73 Å². The number of aromatic hydroxyl groups is 2. The van der Waals surface area contributed by atoms with E-state index in [4.69, 9.17) is 19.1 Å². The zero-order valence-corrected chi connectivity index (χ0v) is 51.2. The van der Waals surface area contributed by atoms with E-state index in [2.05, 4.69) is 43.5 Å². The molecule has 4 aliphatic rings. The Labute approximate surface area is 487 Å². The zero-order chi connectivity index (χ0) is 60.2. The van der Waals surface area contributed by atoms with Gasteiger partial charge in [-0.05, 0) is 119 Å². The van der Waals surface area contributed by atoms with Crippen LogP contribution in [0.15, 0.2) is 42.5 Å². The van der Waals surface area contributed by atoms with Gasteiger partial charge in [0.25, 0.3) is 5.91 Å². The fourth-order valence-corrected chi connectivity index (χ4v) is 13.1. The third-order valence-electron chi connectivity index (χ3n) is 18.9. The molecule has 4 N–H and O–H groups in total. The maximum absolute atomic E-state index is 14.6. The molecule has 1 aromatic carbocycles. The van der Waals surface area contributed by atoms with E-state index in [1.807, 2.05) is 76.6 Å². The third-order valence-corrected chi connectivity index (χ3v) is 18.9. The van der Waals surface area contributed by atoms with Crippen molar-refractivity contribution in [3.05, 3.63) is 48.0 Å². The summed E-state index contributed by atoms with van der Waals surface area (Å²) >= 11 is 0. The Morgan fingerprint density at radius 3 is 2.10 bits per heavy atom. The molecule has 4 amide bonds. The van der Waals surface area contributed by atoms with Gasteiger partial charge in [-0.1, -0.05) is 99.1 Å². The number of hydroxylamine groups is 2. The van der Waals surface area contributed by atoms with E-state index >= 15 is 0 Å². The fraction of sp³-hybridized carbons (Fsp3) is 0.730. The minimum Gasteiger partial charge on any atom is -0.492 e. The molecule has 2 aliphatic carbocycles. The molecule has 2 saturated carbocycles. The van der Waals surface area contributed by atoms with Crippen molar-refractivity contribution in [2.75, 3.05) is 54.1 Å². The van der Waals surface area contributed by atoms with Crippen LogP contribution < -0.4 is 15.5 Å². The molecule has 2 aliphatic heterocycles. The van der Waals surface area contributed by atoms with E-state index in [9.17, 15) is 43.8 Å². The summed E-state index contributed by atoms with van der Waals surface area (Å²) in [4.78, 5) is 112. The number of rotatable bonds is 33. The molecule has 12 unspecified atom stereocenters. The number of ketones is 2. The van der Waals surface area contributed by atoms with Crippen LogP contribution in [-0.4, -0.2) is 155 Å². The lowest BCUT2D eigenvalue weighted by atomic mass is 9.74. The molecule has 458 valence electrons. The fourth-order valence-electron chi connectivity index (χ4n) is 13.1. The van der Waals surface area contributed by atoms with Crippen LogP contribution in [0.1, 0.15) is 164 Å². The number of amides is 4. The predicted octanol–water partition coefficient (Wildman–Crippen LogP) is 7.65. The molecule has 19 nitrogen and oxygen atoms in total. The summed E-state index contributed by atoms with van der Waals surface area (Å²) in [7, 11) is 5.09. The number of carbonyl (C=O) groups is 7. The van der Waals surface area contributed by atoms with Gasteiger partial charge in [-0.2, -0.15) is 0 Å². The van der Waals surface area contributed by atoms with E-state index < -0.39 is 70.6 Å². The summed E-state index contributed by atoms with van der Waals surface area (Å²) in [6, 6.07) is 10.8. The van der Waals surface area contributed by atoms with Crippen molar-refractivity contribution in [2.45, 2.75) is 188 Å². The van der Waals surface area contributed by atoms with Crippen LogP contribution in [0.5, 0.6) is 11.8 Å². The summed E-state index contributed by atoms with van der Waals surface area (Å²) in [6.45, 7) is 20.2. The molecule has 1 aromatic heterocycles. The second-order valence-electron chi connectivity index (χ2n) is 25.1. The Balaban J connectivity index is 1.01. The van der Waals surface area contributed by atoms with E-state index in [-0.39, 0.29) is 96.6 Å². The molecule has 0 spiro atoms.